The Morgan fingerprint density at radius 2 is 1.68 bits per heavy atom. The molecule has 0 saturated carbocycles. The molecule has 0 fully saturated rings. The van der Waals surface area contributed by atoms with Crippen LogP contribution in [0.15, 0.2) is 59.6 Å². The van der Waals surface area contributed by atoms with Crippen LogP contribution in [-0.2, 0) is 17.8 Å². The average molecular weight is 297 g/mol. The van der Waals surface area contributed by atoms with E-state index in [0.29, 0.717) is 12.1 Å². The summed E-state index contributed by atoms with van der Waals surface area (Å²) in [5.41, 5.74) is 14.0. The Bertz CT molecular complexity index is 637. The number of carbonyl (C=O) groups is 1. The van der Waals surface area contributed by atoms with Crippen LogP contribution >= 0.6 is 0 Å². The van der Waals surface area contributed by atoms with Crippen molar-refractivity contribution in [3.63, 3.8) is 0 Å². The molecule has 114 valence electrons. The van der Waals surface area contributed by atoms with Gasteiger partial charge in [-0.05, 0) is 24.1 Å². The molecule has 0 heterocycles. The van der Waals surface area contributed by atoms with Gasteiger partial charge in [-0.3, -0.25) is 0 Å². The summed E-state index contributed by atoms with van der Waals surface area (Å²) in [7, 11) is 0. The SMILES string of the molecule is NCCc1ccc(C(N)=NC(=O)OCc2ccccc2)cc1. The van der Waals surface area contributed by atoms with E-state index in [0.717, 1.165) is 17.5 Å². The molecule has 0 aromatic heterocycles. The zero-order valence-electron chi connectivity index (χ0n) is 12.2. The largest absolute Gasteiger partial charge is 0.443 e. The quantitative estimate of drug-likeness (QED) is 0.654. The van der Waals surface area contributed by atoms with Crippen molar-refractivity contribution in [2.24, 2.45) is 16.5 Å². The molecular weight excluding hydrogens is 278 g/mol. The van der Waals surface area contributed by atoms with Gasteiger partial charge in [0.25, 0.3) is 0 Å². The van der Waals surface area contributed by atoms with E-state index >= 15 is 0 Å². The number of rotatable bonds is 5. The van der Waals surface area contributed by atoms with E-state index in [1.165, 1.54) is 0 Å². The van der Waals surface area contributed by atoms with Crippen LogP contribution < -0.4 is 11.5 Å². The minimum atomic E-state index is -0.701. The van der Waals surface area contributed by atoms with E-state index in [4.69, 9.17) is 16.2 Å². The summed E-state index contributed by atoms with van der Waals surface area (Å²) in [5, 5.41) is 0. The van der Waals surface area contributed by atoms with Gasteiger partial charge in [0.15, 0.2) is 0 Å². The smallest absolute Gasteiger partial charge is 0.435 e. The molecule has 4 N–H and O–H groups in total. The highest BCUT2D eigenvalue weighted by molar-refractivity contribution is 6.02. The summed E-state index contributed by atoms with van der Waals surface area (Å²) in [5.74, 6) is 0.136. The van der Waals surface area contributed by atoms with Crippen molar-refractivity contribution in [3.8, 4) is 0 Å². The number of aliphatic imine (C=N–C) groups is 1. The van der Waals surface area contributed by atoms with Gasteiger partial charge in [-0.1, -0.05) is 54.6 Å². The lowest BCUT2D eigenvalue weighted by atomic mass is 10.1. The monoisotopic (exact) mass is 297 g/mol. The molecule has 1 amide bonds. The minimum Gasteiger partial charge on any atom is -0.443 e. The standard InChI is InChI=1S/C17H19N3O2/c18-11-10-13-6-8-15(9-7-13)16(19)20-17(21)22-12-14-4-2-1-3-5-14/h1-9H,10-12,18H2,(H2,19,20,21). The molecule has 0 bridgehead atoms. The average Bonchev–Trinajstić information content (AvgIpc) is 2.55. The van der Waals surface area contributed by atoms with Crippen LogP contribution in [0.1, 0.15) is 16.7 Å². The normalized spacial score (nSPS) is 11.2. The topological polar surface area (TPSA) is 90.7 Å². The maximum Gasteiger partial charge on any atom is 0.435 e. The second-order valence-electron chi connectivity index (χ2n) is 4.77. The highest BCUT2D eigenvalue weighted by Gasteiger charge is 2.05. The first-order valence-electron chi connectivity index (χ1n) is 7.03. The number of hydrogen-bond acceptors (Lipinski definition) is 3. The second-order valence-corrected chi connectivity index (χ2v) is 4.77. The van der Waals surface area contributed by atoms with Crippen LogP contribution in [0, 0.1) is 0 Å². The van der Waals surface area contributed by atoms with Gasteiger partial charge in [-0.15, -0.1) is 0 Å². The number of nitrogens with zero attached hydrogens (tertiary/aromatic N) is 1. The Balaban J connectivity index is 1.94. The number of ether oxygens (including phenoxy) is 1. The first kappa shape index (κ1) is 15.7. The molecule has 2 aromatic carbocycles. The summed E-state index contributed by atoms with van der Waals surface area (Å²) in [6.07, 6.45) is 0.101. The van der Waals surface area contributed by atoms with Crippen LogP contribution in [0.25, 0.3) is 0 Å². The van der Waals surface area contributed by atoms with Crippen LogP contribution in [0.5, 0.6) is 0 Å². The molecule has 5 nitrogen and oxygen atoms in total. The third kappa shape index (κ3) is 4.71. The van der Waals surface area contributed by atoms with Gasteiger partial charge < -0.3 is 16.2 Å². The van der Waals surface area contributed by atoms with Crippen LogP contribution in [-0.4, -0.2) is 18.5 Å². The maximum absolute atomic E-state index is 11.7. The van der Waals surface area contributed by atoms with Gasteiger partial charge in [-0.2, -0.15) is 4.99 Å². The fourth-order valence-corrected chi connectivity index (χ4v) is 1.92. The van der Waals surface area contributed by atoms with E-state index in [1.807, 2.05) is 54.6 Å². The highest BCUT2D eigenvalue weighted by atomic mass is 16.5. The summed E-state index contributed by atoms with van der Waals surface area (Å²) in [6.45, 7) is 0.765. The maximum atomic E-state index is 11.7. The third-order valence-electron chi connectivity index (χ3n) is 3.10. The van der Waals surface area contributed by atoms with E-state index in [2.05, 4.69) is 4.99 Å². The van der Waals surface area contributed by atoms with Crippen molar-refractivity contribution >= 4 is 11.9 Å². The molecule has 0 radical (unpaired) electrons. The first-order valence-corrected chi connectivity index (χ1v) is 7.03. The molecule has 0 aliphatic heterocycles. The Hall–Kier alpha value is -2.66. The summed E-state index contributed by atoms with van der Waals surface area (Å²) < 4.78 is 5.06. The molecule has 5 heteroatoms. The minimum absolute atomic E-state index is 0.136. The van der Waals surface area contributed by atoms with E-state index < -0.39 is 6.09 Å². The van der Waals surface area contributed by atoms with Crippen molar-refractivity contribution in [2.75, 3.05) is 6.54 Å². The van der Waals surface area contributed by atoms with Gasteiger partial charge >= 0.3 is 6.09 Å². The highest BCUT2D eigenvalue weighted by Crippen LogP contribution is 2.06. The molecular formula is C17H19N3O2. The lowest BCUT2D eigenvalue weighted by Crippen LogP contribution is -2.16. The van der Waals surface area contributed by atoms with E-state index in [9.17, 15) is 4.79 Å². The number of hydrogen-bond donors (Lipinski definition) is 2. The molecule has 0 saturated heterocycles. The molecule has 2 rings (SSSR count). The predicted octanol–water partition coefficient (Wildman–Crippen LogP) is 2.23. The third-order valence-corrected chi connectivity index (χ3v) is 3.10. The van der Waals surface area contributed by atoms with Gasteiger partial charge in [0.2, 0.25) is 0 Å². The fraction of sp³-hybridized carbons (Fsp3) is 0.176. The molecule has 0 unspecified atom stereocenters. The number of benzene rings is 2. The first-order chi connectivity index (χ1) is 10.7. The summed E-state index contributed by atoms with van der Waals surface area (Å²) in [4.78, 5) is 15.4. The fourth-order valence-electron chi connectivity index (χ4n) is 1.92. The van der Waals surface area contributed by atoms with E-state index in [1.54, 1.807) is 0 Å². The Kier molecular flexibility index (Phi) is 5.68. The van der Waals surface area contributed by atoms with E-state index in [-0.39, 0.29) is 12.4 Å². The van der Waals surface area contributed by atoms with Crippen LogP contribution in [0.4, 0.5) is 4.79 Å². The van der Waals surface area contributed by atoms with Crippen molar-refractivity contribution in [1.82, 2.24) is 0 Å². The molecule has 22 heavy (non-hydrogen) atoms. The number of amidine groups is 1. The Labute approximate surface area is 129 Å². The van der Waals surface area contributed by atoms with Gasteiger partial charge in [0, 0.05) is 5.56 Å². The van der Waals surface area contributed by atoms with Gasteiger partial charge in [0.05, 0.1) is 0 Å². The lowest BCUT2D eigenvalue weighted by molar-refractivity contribution is 0.151. The van der Waals surface area contributed by atoms with Crippen LogP contribution in [0.3, 0.4) is 0 Å². The summed E-state index contributed by atoms with van der Waals surface area (Å²) >= 11 is 0. The molecule has 0 aliphatic carbocycles. The zero-order valence-corrected chi connectivity index (χ0v) is 12.2. The van der Waals surface area contributed by atoms with Crippen molar-refractivity contribution in [2.45, 2.75) is 13.0 Å². The Morgan fingerprint density at radius 3 is 2.32 bits per heavy atom. The molecule has 0 atom stereocenters. The predicted molar refractivity (Wildman–Crippen MR) is 86.6 cm³/mol. The second kappa shape index (κ2) is 7.95. The van der Waals surface area contributed by atoms with Gasteiger partial charge in [-0.25, -0.2) is 4.79 Å². The summed E-state index contributed by atoms with van der Waals surface area (Å²) in [6, 6.07) is 16.9. The molecule has 0 spiro atoms. The zero-order chi connectivity index (χ0) is 15.8. The molecule has 0 aliphatic rings. The molecule has 2 aromatic rings. The van der Waals surface area contributed by atoms with Crippen molar-refractivity contribution < 1.29 is 9.53 Å². The number of nitrogens with two attached hydrogens (primary N) is 2. The number of carbonyl (C=O) groups excluding carboxylic acids is 1. The number of amides is 1. The van der Waals surface area contributed by atoms with Crippen molar-refractivity contribution in [1.29, 1.82) is 0 Å². The van der Waals surface area contributed by atoms with Gasteiger partial charge in [0.1, 0.15) is 12.4 Å². The van der Waals surface area contributed by atoms with Crippen LogP contribution in [0.2, 0.25) is 0 Å². The Morgan fingerprint density at radius 1 is 1.00 bits per heavy atom. The lowest BCUT2D eigenvalue weighted by Gasteiger charge is -2.04. The van der Waals surface area contributed by atoms with Crippen molar-refractivity contribution in [3.05, 3.63) is 71.3 Å².